The molecule has 0 aliphatic carbocycles. The van der Waals surface area contributed by atoms with Crippen molar-refractivity contribution < 1.29 is 9.21 Å². The Bertz CT molecular complexity index is 497. The summed E-state index contributed by atoms with van der Waals surface area (Å²) >= 11 is 0. The summed E-state index contributed by atoms with van der Waals surface area (Å²) in [4.78, 5) is 16.2. The minimum atomic E-state index is 0.0406. The monoisotopic (exact) mass is 361 g/mol. The van der Waals surface area contributed by atoms with Gasteiger partial charge < -0.3 is 4.42 Å². The molecule has 0 unspecified atom stereocenters. The number of carbonyl (C=O) groups is 1. The summed E-state index contributed by atoms with van der Waals surface area (Å²) in [5, 5.41) is 0. The zero-order chi connectivity index (χ0) is 19.0. The second-order valence-electron chi connectivity index (χ2n) is 7.42. The molecule has 0 aliphatic rings. The molecule has 0 fully saturated rings. The van der Waals surface area contributed by atoms with E-state index in [1.54, 1.807) is 0 Å². The van der Waals surface area contributed by atoms with E-state index in [9.17, 15) is 4.79 Å². The van der Waals surface area contributed by atoms with Crippen molar-refractivity contribution >= 4 is 5.78 Å². The van der Waals surface area contributed by atoms with Gasteiger partial charge in [-0.15, -0.1) is 0 Å². The third kappa shape index (κ3) is 10.6. The number of hydrogen-bond acceptors (Lipinski definition) is 3. The van der Waals surface area contributed by atoms with Gasteiger partial charge in [0.05, 0.1) is 5.69 Å². The minimum absolute atomic E-state index is 0.0406. The summed E-state index contributed by atoms with van der Waals surface area (Å²) in [5.41, 5.74) is 0.817. The largest absolute Gasteiger partial charge is 0.439 e. The average Bonchev–Trinajstić information content (AvgIpc) is 2.97. The van der Waals surface area contributed by atoms with E-state index in [0.717, 1.165) is 24.3 Å². The minimum Gasteiger partial charge on any atom is -0.439 e. The zero-order valence-electron chi connectivity index (χ0n) is 17.3. The van der Waals surface area contributed by atoms with E-state index in [-0.39, 0.29) is 11.7 Å². The van der Waals surface area contributed by atoms with Crippen LogP contribution in [0, 0.1) is 13.8 Å². The Morgan fingerprint density at radius 1 is 0.846 bits per heavy atom. The zero-order valence-corrected chi connectivity index (χ0v) is 17.3. The Hall–Kier alpha value is -1.38. The molecule has 0 N–H and O–H groups in total. The molecule has 1 rings (SSSR count). The Kier molecular flexibility index (Phi) is 12.9. The van der Waals surface area contributed by atoms with Gasteiger partial charge in [-0.05, 0) is 46.0 Å². The standard InChI is InChI=1S/C23H39NO2/c1-4-5-6-7-8-9-10-11-12-13-14-15-16-17-18-19-22(25)23-24-20(2)21(3)26-23/h11-12H,4-10,13-19H2,1-3H3. The predicted octanol–water partition coefficient (Wildman–Crippen LogP) is 7.51. The molecule has 0 aromatic carbocycles. The molecule has 1 aromatic rings. The van der Waals surface area contributed by atoms with E-state index >= 15 is 0 Å². The highest BCUT2D eigenvalue weighted by molar-refractivity contribution is 5.91. The van der Waals surface area contributed by atoms with E-state index in [0.29, 0.717) is 6.42 Å². The summed E-state index contributed by atoms with van der Waals surface area (Å²) < 4.78 is 5.38. The molecule has 0 spiro atoms. The summed E-state index contributed by atoms with van der Waals surface area (Å²) in [6, 6.07) is 0. The molecular weight excluding hydrogens is 322 g/mol. The van der Waals surface area contributed by atoms with Crippen LogP contribution in [0.3, 0.4) is 0 Å². The fourth-order valence-electron chi connectivity index (χ4n) is 3.06. The third-order valence-electron chi connectivity index (χ3n) is 4.93. The lowest BCUT2D eigenvalue weighted by Gasteiger charge is -2.00. The van der Waals surface area contributed by atoms with Gasteiger partial charge in [-0.25, -0.2) is 4.98 Å². The van der Waals surface area contributed by atoms with Crippen LogP contribution >= 0.6 is 0 Å². The summed E-state index contributed by atoms with van der Waals surface area (Å²) in [5.74, 6) is 1.08. The lowest BCUT2D eigenvalue weighted by atomic mass is 10.1. The topological polar surface area (TPSA) is 43.1 Å². The highest BCUT2D eigenvalue weighted by Crippen LogP contribution is 2.14. The number of carbonyl (C=O) groups excluding carboxylic acids is 1. The number of unbranched alkanes of at least 4 members (excludes halogenated alkanes) is 11. The van der Waals surface area contributed by atoms with Crippen LogP contribution in [0.15, 0.2) is 16.6 Å². The smallest absolute Gasteiger partial charge is 0.263 e. The van der Waals surface area contributed by atoms with Gasteiger partial charge in [-0.1, -0.05) is 70.4 Å². The number of aromatic nitrogens is 1. The molecule has 1 aromatic heterocycles. The summed E-state index contributed by atoms with van der Waals surface area (Å²) in [6.45, 7) is 5.99. The van der Waals surface area contributed by atoms with Crippen LogP contribution in [0.1, 0.15) is 119 Å². The van der Waals surface area contributed by atoms with Gasteiger partial charge in [0.1, 0.15) is 5.76 Å². The van der Waals surface area contributed by atoms with Crippen LogP contribution in [-0.2, 0) is 0 Å². The SMILES string of the molecule is CCCCCCCCC=CCCCCCCCC(=O)c1nc(C)c(C)o1. The third-order valence-corrected chi connectivity index (χ3v) is 4.93. The first kappa shape index (κ1) is 22.7. The van der Waals surface area contributed by atoms with E-state index < -0.39 is 0 Å². The van der Waals surface area contributed by atoms with Crippen molar-refractivity contribution in [2.24, 2.45) is 0 Å². The van der Waals surface area contributed by atoms with Crippen molar-refractivity contribution in [2.75, 3.05) is 0 Å². The van der Waals surface area contributed by atoms with E-state index in [4.69, 9.17) is 4.42 Å². The highest BCUT2D eigenvalue weighted by atomic mass is 16.4. The molecule has 3 heteroatoms. The molecule has 0 radical (unpaired) electrons. The van der Waals surface area contributed by atoms with Crippen molar-refractivity contribution in [3.8, 4) is 0 Å². The van der Waals surface area contributed by atoms with Gasteiger partial charge in [0.15, 0.2) is 0 Å². The maximum absolute atomic E-state index is 12.0. The maximum atomic E-state index is 12.0. The molecule has 26 heavy (non-hydrogen) atoms. The quantitative estimate of drug-likeness (QED) is 0.174. The Morgan fingerprint density at radius 2 is 1.38 bits per heavy atom. The van der Waals surface area contributed by atoms with E-state index in [1.807, 2.05) is 13.8 Å². The molecule has 3 nitrogen and oxygen atoms in total. The van der Waals surface area contributed by atoms with Crippen molar-refractivity contribution in [3.63, 3.8) is 0 Å². The van der Waals surface area contributed by atoms with Crippen LogP contribution in [-0.4, -0.2) is 10.8 Å². The van der Waals surface area contributed by atoms with Gasteiger partial charge >= 0.3 is 0 Å². The fourth-order valence-corrected chi connectivity index (χ4v) is 3.06. The molecule has 1 heterocycles. The first-order valence-electron chi connectivity index (χ1n) is 10.8. The first-order chi connectivity index (χ1) is 12.6. The molecule has 0 saturated heterocycles. The number of allylic oxidation sites excluding steroid dienone is 2. The van der Waals surface area contributed by atoms with E-state index in [2.05, 4.69) is 24.1 Å². The Morgan fingerprint density at radius 3 is 1.92 bits per heavy atom. The van der Waals surface area contributed by atoms with Crippen LogP contribution < -0.4 is 0 Å². The van der Waals surface area contributed by atoms with Crippen LogP contribution in [0.5, 0.6) is 0 Å². The average molecular weight is 362 g/mol. The number of oxazole rings is 1. The van der Waals surface area contributed by atoms with Gasteiger partial charge in [-0.2, -0.15) is 0 Å². The molecular formula is C23H39NO2. The van der Waals surface area contributed by atoms with Crippen molar-refractivity contribution in [3.05, 3.63) is 29.5 Å². The lowest BCUT2D eigenvalue weighted by molar-refractivity contribution is 0.0944. The van der Waals surface area contributed by atoms with Gasteiger partial charge in [-0.3, -0.25) is 4.79 Å². The Balaban J connectivity index is 1.88. The van der Waals surface area contributed by atoms with Crippen molar-refractivity contribution in [1.82, 2.24) is 4.98 Å². The molecule has 0 amide bonds. The molecule has 0 aliphatic heterocycles. The number of aryl methyl sites for hydroxylation is 2. The number of Topliss-reactive ketones (excluding diaryl/α,β-unsaturated/α-hetero) is 1. The van der Waals surface area contributed by atoms with Gasteiger partial charge in [0.25, 0.3) is 5.89 Å². The van der Waals surface area contributed by atoms with Gasteiger partial charge in [0.2, 0.25) is 5.78 Å². The Labute approximate surface area is 160 Å². The van der Waals surface area contributed by atoms with Crippen LogP contribution in [0.25, 0.3) is 0 Å². The van der Waals surface area contributed by atoms with E-state index in [1.165, 1.54) is 70.6 Å². The van der Waals surface area contributed by atoms with Crippen molar-refractivity contribution in [2.45, 2.75) is 111 Å². The first-order valence-corrected chi connectivity index (χ1v) is 10.8. The van der Waals surface area contributed by atoms with Crippen LogP contribution in [0.4, 0.5) is 0 Å². The maximum Gasteiger partial charge on any atom is 0.263 e. The molecule has 0 saturated carbocycles. The number of hydrogen-bond donors (Lipinski definition) is 0. The van der Waals surface area contributed by atoms with Crippen LogP contribution in [0.2, 0.25) is 0 Å². The normalized spacial score (nSPS) is 11.5. The predicted molar refractivity (Wildman–Crippen MR) is 110 cm³/mol. The molecule has 0 bridgehead atoms. The molecule has 148 valence electrons. The molecule has 0 atom stereocenters. The highest BCUT2D eigenvalue weighted by Gasteiger charge is 2.13. The van der Waals surface area contributed by atoms with Crippen molar-refractivity contribution in [1.29, 1.82) is 0 Å². The summed E-state index contributed by atoms with van der Waals surface area (Å²) in [6.07, 6.45) is 21.7. The second kappa shape index (κ2) is 14.8. The summed E-state index contributed by atoms with van der Waals surface area (Å²) in [7, 11) is 0. The number of nitrogens with zero attached hydrogens (tertiary/aromatic N) is 1. The fraction of sp³-hybridized carbons (Fsp3) is 0.739. The number of rotatable bonds is 16. The lowest BCUT2D eigenvalue weighted by Crippen LogP contribution is -1.99. The van der Waals surface area contributed by atoms with Gasteiger partial charge in [0, 0.05) is 6.42 Å². The number of ketones is 1. The second-order valence-corrected chi connectivity index (χ2v) is 7.42.